The van der Waals surface area contributed by atoms with Crippen molar-refractivity contribution >= 4 is 5.91 Å². The quantitative estimate of drug-likeness (QED) is 0.788. The van der Waals surface area contributed by atoms with Crippen molar-refractivity contribution in [1.29, 1.82) is 0 Å². The Balaban J connectivity index is 2.87. The fourth-order valence-electron chi connectivity index (χ4n) is 1.18. The number of halogens is 1. The number of hydrogen-bond donors (Lipinski definition) is 2. The molecule has 1 atom stereocenters. The zero-order valence-electron chi connectivity index (χ0n) is 8.88. The van der Waals surface area contributed by atoms with Crippen molar-refractivity contribution in [2.45, 2.75) is 19.9 Å². The Bertz CT molecular complexity index is 366. The highest BCUT2D eigenvalue weighted by Crippen LogP contribution is 2.11. The number of carbonyl (C=O) groups excluding carboxylic acids is 1. The highest BCUT2D eigenvalue weighted by atomic mass is 19.1. The van der Waals surface area contributed by atoms with E-state index in [1.54, 1.807) is 26.0 Å². The van der Waals surface area contributed by atoms with Crippen LogP contribution < -0.4 is 11.1 Å². The molecule has 15 heavy (non-hydrogen) atoms. The number of benzene rings is 1. The van der Waals surface area contributed by atoms with Crippen molar-refractivity contribution < 1.29 is 9.18 Å². The van der Waals surface area contributed by atoms with Crippen molar-refractivity contribution in [2.24, 2.45) is 5.73 Å². The molecule has 0 unspecified atom stereocenters. The Morgan fingerprint density at radius 3 is 2.87 bits per heavy atom. The molecule has 0 aliphatic rings. The minimum absolute atomic E-state index is 0.0651. The van der Waals surface area contributed by atoms with Crippen LogP contribution in [0.1, 0.15) is 22.8 Å². The number of rotatable bonds is 3. The zero-order chi connectivity index (χ0) is 11.4. The fraction of sp³-hybridized carbons (Fsp3) is 0.364. The number of aryl methyl sites for hydroxylation is 1. The van der Waals surface area contributed by atoms with Crippen LogP contribution in [-0.2, 0) is 0 Å². The summed E-state index contributed by atoms with van der Waals surface area (Å²) in [7, 11) is 0. The van der Waals surface area contributed by atoms with E-state index in [9.17, 15) is 9.18 Å². The molecular formula is C11H15FN2O. The highest BCUT2D eigenvalue weighted by molar-refractivity contribution is 5.94. The van der Waals surface area contributed by atoms with E-state index in [0.717, 1.165) is 0 Å². The average molecular weight is 210 g/mol. The maximum atomic E-state index is 13.5. The maximum absolute atomic E-state index is 13.5. The monoisotopic (exact) mass is 210 g/mol. The van der Waals surface area contributed by atoms with Gasteiger partial charge in [0.1, 0.15) is 5.82 Å². The van der Waals surface area contributed by atoms with Crippen molar-refractivity contribution in [3.63, 3.8) is 0 Å². The summed E-state index contributed by atoms with van der Waals surface area (Å²) in [5.41, 5.74) is 5.88. The van der Waals surface area contributed by atoms with Gasteiger partial charge < -0.3 is 11.1 Å². The standard InChI is InChI=1S/C11H15FN2O/c1-7-4-3-5-9(10(7)12)11(15)14-8(2)6-13/h3-5,8H,6,13H2,1-2H3,(H,14,15)/t8-/m1/s1. The summed E-state index contributed by atoms with van der Waals surface area (Å²) in [5.74, 6) is -0.895. The Morgan fingerprint density at radius 2 is 2.27 bits per heavy atom. The molecule has 1 aromatic rings. The molecule has 0 bridgehead atoms. The summed E-state index contributed by atoms with van der Waals surface area (Å²) in [6.45, 7) is 3.73. The SMILES string of the molecule is Cc1cccc(C(=O)N[C@H](C)CN)c1F. The summed E-state index contributed by atoms with van der Waals surface area (Å²) in [6.07, 6.45) is 0. The van der Waals surface area contributed by atoms with E-state index in [4.69, 9.17) is 5.73 Å². The van der Waals surface area contributed by atoms with E-state index < -0.39 is 11.7 Å². The second-order valence-corrected chi connectivity index (χ2v) is 3.55. The molecule has 82 valence electrons. The normalized spacial score (nSPS) is 12.3. The molecule has 1 rings (SSSR count). The topological polar surface area (TPSA) is 55.1 Å². The summed E-state index contributed by atoms with van der Waals surface area (Å²) in [5, 5.41) is 2.61. The van der Waals surface area contributed by atoms with Crippen molar-refractivity contribution in [3.8, 4) is 0 Å². The van der Waals surface area contributed by atoms with Gasteiger partial charge in [-0.1, -0.05) is 12.1 Å². The van der Waals surface area contributed by atoms with Crippen LogP contribution in [0.3, 0.4) is 0 Å². The maximum Gasteiger partial charge on any atom is 0.254 e. The lowest BCUT2D eigenvalue weighted by atomic mass is 10.1. The van der Waals surface area contributed by atoms with Gasteiger partial charge in [0.25, 0.3) is 5.91 Å². The van der Waals surface area contributed by atoms with Gasteiger partial charge in [0, 0.05) is 12.6 Å². The average Bonchev–Trinajstić information content (AvgIpc) is 2.21. The van der Waals surface area contributed by atoms with Gasteiger partial charge >= 0.3 is 0 Å². The summed E-state index contributed by atoms with van der Waals surface area (Å²) < 4.78 is 13.5. The van der Waals surface area contributed by atoms with Gasteiger partial charge in [0.15, 0.2) is 0 Å². The van der Waals surface area contributed by atoms with E-state index in [1.807, 2.05) is 0 Å². The molecule has 0 heterocycles. The molecule has 0 fully saturated rings. The lowest BCUT2D eigenvalue weighted by molar-refractivity contribution is 0.0937. The van der Waals surface area contributed by atoms with Gasteiger partial charge in [-0.05, 0) is 25.5 Å². The van der Waals surface area contributed by atoms with Crippen LogP contribution in [0.25, 0.3) is 0 Å². The largest absolute Gasteiger partial charge is 0.348 e. The van der Waals surface area contributed by atoms with E-state index in [-0.39, 0.29) is 11.6 Å². The third-order valence-corrected chi connectivity index (χ3v) is 2.17. The predicted molar refractivity (Wildman–Crippen MR) is 57.1 cm³/mol. The number of nitrogens with one attached hydrogen (secondary N) is 1. The van der Waals surface area contributed by atoms with Crippen LogP contribution in [0.2, 0.25) is 0 Å². The van der Waals surface area contributed by atoms with Crippen LogP contribution in [0.4, 0.5) is 4.39 Å². The summed E-state index contributed by atoms with van der Waals surface area (Å²) in [4.78, 5) is 11.6. The second-order valence-electron chi connectivity index (χ2n) is 3.55. The molecular weight excluding hydrogens is 195 g/mol. The van der Waals surface area contributed by atoms with Crippen molar-refractivity contribution in [1.82, 2.24) is 5.32 Å². The van der Waals surface area contributed by atoms with Gasteiger partial charge in [0.2, 0.25) is 0 Å². The van der Waals surface area contributed by atoms with Gasteiger partial charge in [-0.2, -0.15) is 0 Å². The predicted octanol–water partition coefficient (Wildman–Crippen LogP) is 1.21. The van der Waals surface area contributed by atoms with E-state index in [2.05, 4.69) is 5.32 Å². The molecule has 0 aliphatic heterocycles. The van der Waals surface area contributed by atoms with E-state index in [0.29, 0.717) is 12.1 Å². The highest BCUT2D eigenvalue weighted by Gasteiger charge is 2.14. The van der Waals surface area contributed by atoms with Crippen LogP contribution >= 0.6 is 0 Å². The smallest absolute Gasteiger partial charge is 0.254 e. The molecule has 3 N–H and O–H groups in total. The van der Waals surface area contributed by atoms with Gasteiger partial charge in [-0.3, -0.25) is 4.79 Å². The molecule has 4 heteroatoms. The number of amides is 1. The first-order valence-electron chi connectivity index (χ1n) is 4.82. The van der Waals surface area contributed by atoms with Gasteiger partial charge in [-0.15, -0.1) is 0 Å². The number of carbonyl (C=O) groups is 1. The van der Waals surface area contributed by atoms with Crippen molar-refractivity contribution in [3.05, 3.63) is 35.1 Å². The van der Waals surface area contributed by atoms with Gasteiger partial charge in [0.05, 0.1) is 5.56 Å². The third kappa shape index (κ3) is 2.76. The van der Waals surface area contributed by atoms with Crippen molar-refractivity contribution in [2.75, 3.05) is 6.54 Å². The Labute approximate surface area is 88.5 Å². The summed E-state index contributed by atoms with van der Waals surface area (Å²) >= 11 is 0. The minimum Gasteiger partial charge on any atom is -0.348 e. The minimum atomic E-state index is -0.473. The summed E-state index contributed by atoms with van der Waals surface area (Å²) in [6, 6.07) is 4.58. The first-order valence-corrected chi connectivity index (χ1v) is 4.82. The van der Waals surface area contributed by atoms with E-state index >= 15 is 0 Å². The molecule has 0 saturated heterocycles. The Hall–Kier alpha value is -1.42. The first-order chi connectivity index (χ1) is 7.06. The number of hydrogen-bond acceptors (Lipinski definition) is 2. The Morgan fingerprint density at radius 1 is 1.60 bits per heavy atom. The molecule has 1 aromatic carbocycles. The first kappa shape index (κ1) is 11.7. The van der Waals surface area contributed by atoms with E-state index in [1.165, 1.54) is 6.07 Å². The Kier molecular flexibility index (Phi) is 3.80. The van der Waals surface area contributed by atoms with Gasteiger partial charge in [-0.25, -0.2) is 4.39 Å². The molecule has 0 radical (unpaired) electrons. The fourth-order valence-corrected chi connectivity index (χ4v) is 1.18. The molecule has 3 nitrogen and oxygen atoms in total. The van der Waals surface area contributed by atoms with Crippen LogP contribution in [-0.4, -0.2) is 18.5 Å². The van der Waals surface area contributed by atoms with Crippen LogP contribution in [0, 0.1) is 12.7 Å². The number of nitrogens with two attached hydrogens (primary N) is 1. The van der Waals surface area contributed by atoms with Crippen LogP contribution in [0.5, 0.6) is 0 Å². The molecule has 0 saturated carbocycles. The lowest BCUT2D eigenvalue weighted by Gasteiger charge is -2.12. The third-order valence-electron chi connectivity index (χ3n) is 2.17. The zero-order valence-corrected chi connectivity index (χ0v) is 8.88. The lowest BCUT2D eigenvalue weighted by Crippen LogP contribution is -2.38. The molecule has 1 amide bonds. The second kappa shape index (κ2) is 4.89. The van der Waals surface area contributed by atoms with Crippen LogP contribution in [0.15, 0.2) is 18.2 Å². The molecule has 0 aromatic heterocycles. The molecule has 0 aliphatic carbocycles. The molecule has 0 spiro atoms.